The Morgan fingerprint density at radius 2 is 0.265 bits per heavy atom. The quantitative estimate of drug-likeness (QED) is 0.0351. The summed E-state index contributed by atoms with van der Waals surface area (Å²) in [7, 11) is 0. The maximum Gasteiger partial charge on any atom is 0.119 e. The Kier molecular flexibility index (Phi) is 31.3. The number of benzene rings is 16. The van der Waals surface area contributed by atoms with Crippen LogP contribution in [0.5, 0.6) is 46.0 Å². The lowest BCUT2D eigenvalue weighted by atomic mass is 10.0. The molecule has 0 aromatic heterocycles. The van der Waals surface area contributed by atoms with Crippen molar-refractivity contribution in [1.29, 1.82) is 0 Å². The van der Waals surface area contributed by atoms with E-state index in [0.717, 1.165) is 232 Å². The van der Waals surface area contributed by atoms with E-state index in [1.165, 1.54) is 0 Å². The van der Waals surface area contributed by atoms with Crippen LogP contribution in [0.4, 0.5) is 68.2 Å². The Bertz CT molecular complexity index is 5750. The highest BCUT2D eigenvalue weighted by molar-refractivity contribution is 5.86. The summed E-state index contributed by atoms with van der Waals surface area (Å²) < 4.78 is 49.5. The molecule has 16 aromatic rings. The van der Waals surface area contributed by atoms with Gasteiger partial charge in [0, 0.05) is 68.2 Å². The van der Waals surface area contributed by atoms with Crippen molar-refractivity contribution in [3.8, 4) is 68.2 Å². The molecule has 29 rings (SSSR count). The maximum atomic E-state index is 6.34. The average molecular weight is 1790 g/mol. The molecular formula is C124H112N4O8. The van der Waals surface area contributed by atoms with Crippen molar-refractivity contribution in [3.05, 3.63) is 459 Å². The minimum atomic E-state index is 0.572. The largest absolute Gasteiger partial charge is 0.494 e. The fourth-order valence-electron chi connectivity index (χ4n) is 16.2. The van der Waals surface area contributed by atoms with Crippen LogP contribution < -0.4 is 57.5 Å². The number of unbranched alkanes of at least 4 members (excludes halogenated alkanes) is 4. The number of anilines is 12. The van der Waals surface area contributed by atoms with Gasteiger partial charge in [-0.15, -0.1) is 0 Å². The van der Waals surface area contributed by atoms with Crippen LogP contribution in [0.2, 0.25) is 0 Å². The highest BCUT2D eigenvalue weighted by Gasteiger charge is 2.21. The molecule has 0 fully saturated rings. The second-order valence-corrected chi connectivity index (χ2v) is 33.2. The first-order valence-corrected chi connectivity index (χ1v) is 46.9. The molecule has 0 N–H and O–H groups in total. The van der Waals surface area contributed by atoms with E-state index in [1.807, 2.05) is 121 Å². The van der Waals surface area contributed by atoms with Crippen molar-refractivity contribution in [2.75, 3.05) is 72.5 Å². The molecule has 0 saturated carbocycles. The van der Waals surface area contributed by atoms with Crippen LogP contribution in [0.1, 0.15) is 95.9 Å². The van der Waals surface area contributed by atoms with Gasteiger partial charge in [0.15, 0.2) is 0 Å². The van der Waals surface area contributed by atoms with Gasteiger partial charge in [0.1, 0.15) is 46.0 Å². The number of hydrogen-bond donors (Lipinski definition) is 0. The van der Waals surface area contributed by atoms with Crippen LogP contribution in [0.15, 0.2) is 415 Å². The Labute approximate surface area is 800 Å². The fraction of sp³-hybridized carbons (Fsp3) is 0.129. The molecule has 0 radical (unpaired) electrons. The van der Waals surface area contributed by atoms with E-state index in [1.54, 1.807) is 0 Å². The van der Waals surface area contributed by atoms with Gasteiger partial charge in [-0.25, -0.2) is 0 Å². The van der Waals surface area contributed by atoms with Crippen LogP contribution in [0.25, 0.3) is 70.9 Å². The van der Waals surface area contributed by atoms with Crippen LogP contribution in [0.3, 0.4) is 0 Å². The van der Waals surface area contributed by atoms with Gasteiger partial charge in [-0.1, -0.05) is 221 Å². The molecule has 0 unspecified atom stereocenters. The molecule has 0 aliphatic carbocycles. The van der Waals surface area contributed by atoms with Gasteiger partial charge in [0.2, 0.25) is 0 Å². The first-order valence-electron chi connectivity index (χ1n) is 46.9. The molecule has 676 valence electrons. The molecular weight excluding hydrogens is 1670 g/mol. The summed E-state index contributed by atoms with van der Waals surface area (Å²) in [6.45, 7) is 20.2. The zero-order valence-corrected chi connectivity index (χ0v) is 76.8. The van der Waals surface area contributed by atoms with E-state index in [-0.39, 0.29) is 0 Å². The van der Waals surface area contributed by atoms with E-state index in [4.69, 9.17) is 37.9 Å². The van der Waals surface area contributed by atoms with Crippen molar-refractivity contribution in [2.45, 2.75) is 51.4 Å². The van der Waals surface area contributed by atoms with E-state index in [9.17, 15) is 0 Å². The molecule has 0 saturated heterocycles. The van der Waals surface area contributed by atoms with Gasteiger partial charge < -0.3 is 57.5 Å². The number of nitrogens with zero attached hydrogens (tertiary/aromatic N) is 4. The summed E-state index contributed by atoms with van der Waals surface area (Å²) in [5.41, 5.74) is 24.9. The number of rotatable bonds is 36. The second kappa shape index (κ2) is 46.6. The third-order valence-electron chi connectivity index (χ3n) is 23.9. The Balaban J connectivity index is 0.659. The molecule has 12 nitrogen and oxygen atoms in total. The Morgan fingerprint density at radius 3 is 0.397 bits per heavy atom. The average Bonchev–Trinajstić information content (AvgIpc) is 0.790. The van der Waals surface area contributed by atoms with Crippen molar-refractivity contribution < 1.29 is 37.9 Å². The summed E-state index contributed by atoms with van der Waals surface area (Å²) >= 11 is 0. The standard InChI is InChI=1S/C124H112N4O8/c1-5-93-29-69-117(70-30-93)129-85-9-13-89-133-121-77-61-113(62-78-121)125-105-45-21-97(22-46-105)17-18-98-23-47-106(48-24-98)127(115-65-81-123(82-66-115)135-91-15-11-87-131-119-73-33-95(7-3)34-74-119)111-57-41-103(42-58-111)104-43-59-112(60-44-104)128(116-67-83-124(84-68-116)136-92-16-12-88-132-120-75-35-96(8-4)36-76-120)108-51-27-100(28-52-108)20-19-99-25-49-107(50-26-99)126(110-55-39-102(40-56-110)101-37-53-109(125)54-38-101)114-63-79-122(80-64-114)134-90-14-10-86-130-118-71-31-94(6-2)32-72-118/h5-8,17-84H,1-4,9-16,85-92H2. The zero-order valence-electron chi connectivity index (χ0n) is 76.8. The molecule has 16 bridgehead atoms. The molecule has 136 heavy (non-hydrogen) atoms. The van der Waals surface area contributed by atoms with Crippen molar-refractivity contribution in [1.82, 2.24) is 0 Å². The highest BCUT2D eigenvalue weighted by atomic mass is 16.5. The summed E-state index contributed by atoms with van der Waals surface area (Å²) in [4.78, 5) is 9.20. The molecule has 13 heterocycles. The van der Waals surface area contributed by atoms with Gasteiger partial charge in [-0.2, -0.15) is 0 Å². The zero-order chi connectivity index (χ0) is 92.7. The topological polar surface area (TPSA) is 86.8 Å². The normalized spacial score (nSPS) is 11.7. The molecule has 16 aromatic carbocycles. The molecule has 0 spiro atoms. The van der Waals surface area contributed by atoms with Crippen molar-refractivity contribution in [3.63, 3.8) is 0 Å². The van der Waals surface area contributed by atoms with Gasteiger partial charge >= 0.3 is 0 Å². The van der Waals surface area contributed by atoms with E-state index in [0.29, 0.717) is 52.9 Å². The predicted octanol–water partition coefficient (Wildman–Crippen LogP) is 33.1. The van der Waals surface area contributed by atoms with Crippen LogP contribution in [-0.2, 0) is 0 Å². The maximum absolute atomic E-state index is 6.34. The minimum Gasteiger partial charge on any atom is -0.494 e. The van der Waals surface area contributed by atoms with E-state index in [2.05, 4.69) is 361 Å². The van der Waals surface area contributed by atoms with Gasteiger partial charge in [0.25, 0.3) is 0 Å². The number of hydrogen-bond acceptors (Lipinski definition) is 12. The lowest BCUT2D eigenvalue weighted by Crippen LogP contribution is -2.10. The van der Waals surface area contributed by atoms with Crippen molar-refractivity contribution in [2.24, 2.45) is 0 Å². The molecule has 13 aliphatic rings. The van der Waals surface area contributed by atoms with E-state index < -0.39 is 0 Å². The summed E-state index contributed by atoms with van der Waals surface area (Å²) in [5, 5.41) is 0. The SMILES string of the molecule is C=Cc1ccc(OCCCCOc2ccc(N3c4ccc(cc4)C=Cc4ccc(cc4)N(c4ccc(OCCCCOc5ccc(C=C)cc5)cc4)c4ccc(cc4)-c4ccc(cc4)N(c4ccc(OCCCCOc5ccc(C=C)cc5)cc4)c4ccc(cc4)C=Cc4ccc(cc4)N(c4ccc(OCCCCOc5ccc(C=C)cc5)cc4)c4ccc(cc4)-c4ccc3cc4)cc2)cc1. The molecule has 12 heteroatoms. The first kappa shape index (κ1) is 91.5. The Hall–Kier alpha value is -16.4. The van der Waals surface area contributed by atoms with Crippen LogP contribution in [0, 0.1) is 0 Å². The summed E-state index contributed by atoms with van der Waals surface area (Å²) in [5.74, 6) is 6.62. The fourth-order valence-corrected chi connectivity index (χ4v) is 16.2. The molecule has 13 aliphatic heterocycles. The third-order valence-corrected chi connectivity index (χ3v) is 23.9. The summed E-state index contributed by atoms with van der Waals surface area (Å²) in [6.07, 6.45) is 22.9. The first-order chi connectivity index (χ1) is 67.2. The second-order valence-electron chi connectivity index (χ2n) is 33.2. The van der Waals surface area contributed by atoms with Crippen molar-refractivity contribution >= 4 is 117 Å². The van der Waals surface area contributed by atoms with E-state index >= 15 is 0 Å². The number of ether oxygens (including phenoxy) is 8. The minimum absolute atomic E-state index is 0.572. The monoisotopic (exact) mass is 1780 g/mol. The van der Waals surface area contributed by atoms with Crippen LogP contribution >= 0.6 is 0 Å². The lowest BCUT2D eigenvalue weighted by Gasteiger charge is -2.27. The van der Waals surface area contributed by atoms with Gasteiger partial charge in [0.05, 0.1) is 52.9 Å². The Morgan fingerprint density at radius 1 is 0.147 bits per heavy atom. The lowest BCUT2D eigenvalue weighted by molar-refractivity contribution is 0.266. The predicted molar refractivity (Wildman–Crippen MR) is 567 cm³/mol. The van der Waals surface area contributed by atoms with Crippen LogP contribution in [-0.4, -0.2) is 52.9 Å². The highest BCUT2D eigenvalue weighted by Crippen LogP contribution is 2.44. The summed E-state index contributed by atoms with van der Waals surface area (Å²) in [6, 6.07) is 136. The molecule has 0 amide bonds. The molecule has 0 atom stereocenters. The van der Waals surface area contributed by atoms with Gasteiger partial charge in [-0.05, 0) is 361 Å². The van der Waals surface area contributed by atoms with Gasteiger partial charge in [-0.3, -0.25) is 0 Å². The third kappa shape index (κ3) is 24.8. The smallest absolute Gasteiger partial charge is 0.119 e.